The van der Waals surface area contributed by atoms with Gasteiger partial charge in [-0.25, -0.2) is 0 Å². The molecule has 2 aromatic carbocycles. The molecule has 0 unspecified atom stereocenters. The number of hydrogen-bond acceptors (Lipinski definition) is 4. The van der Waals surface area contributed by atoms with Crippen LogP contribution in [0.25, 0.3) is 6.08 Å². The molecule has 29 heavy (non-hydrogen) atoms. The summed E-state index contributed by atoms with van der Waals surface area (Å²) in [5.41, 5.74) is 3.19. The third kappa shape index (κ3) is 8.25. The Kier molecular flexibility index (Phi) is 9.01. The van der Waals surface area contributed by atoms with Gasteiger partial charge in [0.2, 0.25) is 5.91 Å². The molecule has 0 aromatic heterocycles. The minimum absolute atomic E-state index is 0.154. The van der Waals surface area contributed by atoms with Gasteiger partial charge < -0.3 is 15.4 Å². The van der Waals surface area contributed by atoms with Crippen molar-refractivity contribution >= 4 is 40.9 Å². The zero-order valence-electron chi connectivity index (χ0n) is 16.5. The van der Waals surface area contributed by atoms with Crippen molar-refractivity contribution in [2.75, 3.05) is 25.6 Å². The molecule has 0 fully saturated rings. The van der Waals surface area contributed by atoms with Crippen molar-refractivity contribution in [1.29, 1.82) is 0 Å². The van der Waals surface area contributed by atoms with Gasteiger partial charge in [0.05, 0.1) is 0 Å². The van der Waals surface area contributed by atoms with Gasteiger partial charge in [0.25, 0.3) is 5.91 Å². The fourth-order valence-corrected chi connectivity index (χ4v) is 2.64. The lowest BCUT2D eigenvalue weighted by molar-refractivity contribution is -0.115. The SMILES string of the molecule is COCCCNC(=O)c1cccc(NC(=S)NC(=O)/C=C/c2ccc(C)cc2)c1. The average molecular weight is 412 g/mol. The molecule has 0 radical (unpaired) electrons. The van der Waals surface area contributed by atoms with E-state index in [1.165, 1.54) is 6.08 Å². The summed E-state index contributed by atoms with van der Waals surface area (Å²) in [7, 11) is 1.62. The number of carbonyl (C=O) groups is 2. The molecule has 7 heteroatoms. The van der Waals surface area contributed by atoms with Crippen LogP contribution in [0.4, 0.5) is 5.69 Å². The van der Waals surface area contributed by atoms with Gasteiger partial charge >= 0.3 is 0 Å². The van der Waals surface area contributed by atoms with Crippen molar-refractivity contribution in [2.24, 2.45) is 0 Å². The fourth-order valence-electron chi connectivity index (χ4n) is 2.42. The van der Waals surface area contributed by atoms with Gasteiger partial charge in [-0.05, 0) is 55.4 Å². The van der Waals surface area contributed by atoms with E-state index < -0.39 is 0 Å². The molecular formula is C22H25N3O3S. The molecule has 0 aliphatic heterocycles. The van der Waals surface area contributed by atoms with Crippen molar-refractivity contribution in [3.05, 3.63) is 71.3 Å². The molecule has 0 saturated carbocycles. The number of aryl methyl sites for hydroxylation is 1. The zero-order chi connectivity index (χ0) is 21.1. The highest BCUT2D eigenvalue weighted by Gasteiger charge is 2.07. The summed E-state index contributed by atoms with van der Waals surface area (Å²) < 4.78 is 4.96. The number of rotatable bonds is 8. The Morgan fingerprint density at radius 2 is 1.90 bits per heavy atom. The Bertz CT molecular complexity index is 879. The first-order valence-electron chi connectivity index (χ1n) is 9.22. The molecule has 3 N–H and O–H groups in total. The molecule has 0 atom stereocenters. The van der Waals surface area contributed by atoms with Crippen LogP contribution in [0, 0.1) is 6.92 Å². The van der Waals surface area contributed by atoms with Crippen LogP contribution < -0.4 is 16.0 Å². The molecule has 0 saturated heterocycles. The van der Waals surface area contributed by atoms with E-state index in [9.17, 15) is 9.59 Å². The summed E-state index contributed by atoms with van der Waals surface area (Å²) in [6.45, 7) is 3.13. The van der Waals surface area contributed by atoms with E-state index in [0.717, 1.165) is 17.5 Å². The lowest BCUT2D eigenvalue weighted by Gasteiger charge is -2.10. The second-order valence-corrected chi connectivity index (χ2v) is 6.78. The number of amides is 2. The van der Waals surface area contributed by atoms with Crippen LogP contribution in [0.15, 0.2) is 54.6 Å². The van der Waals surface area contributed by atoms with Gasteiger partial charge in [-0.3, -0.25) is 14.9 Å². The van der Waals surface area contributed by atoms with Gasteiger partial charge in [0.1, 0.15) is 0 Å². The van der Waals surface area contributed by atoms with Crippen molar-refractivity contribution in [3.63, 3.8) is 0 Å². The van der Waals surface area contributed by atoms with Crippen molar-refractivity contribution in [3.8, 4) is 0 Å². The highest BCUT2D eigenvalue weighted by Crippen LogP contribution is 2.11. The smallest absolute Gasteiger partial charge is 0.251 e. The molecule has 0 aliphatic rings. The summed E-state index contributed by atoms with van der Waals surface area (Å²) in [6, 6.07) is 14.7. The first-order chi connectivity index (χ1) is 14.0. The first kappa shape index (κ1) is 22.3. The third-order valence-corrected chi connectivity index (χ3v) is 4.14. The Balaban J connectivity index is 1.85. The maximum Gasteiger partial charge on any atom is 0.251 e. The summed E-state index contributed by atoms with van der Waals surface area (Å²) in [5, 5.41) is 8.48. The number of nitrogens with one attached hydrogen (secondary N) is 3. The van der Waals surface area contributed by atoms with Crippen LogP contribution in [0.2, 0.25) is 0 Å². The average Bonchev–Trinajstić information content (AvgIpc) is 2.70. The van der Waals surface area contributed by atoms with Crippen LogP contribution in [0.1, 0.15) is 27.9 Å². The zero-order valence-corrected chi connectivity index (χ0v) is 17.3. The maximum atomic E-state index is 12.2. The summed E-state index contributed by atoms with van der Waals surface area (Å²) in [4.78, 5) is 24.2. The molecule has 6 nitrogen and oxygen atoms in total. The monoisotopic (exact) mass is 411 g/mol. The molecule has 2 amide bonds. The Morgan fingerprint density at radius 1 is 1.14 bits per heavy atom. The van der Waals surface area contributed by atoms with E-state index in [2.05, 4.69) is 16.0 Å². The number of ether oxygens (including phenoxy) is 1. The van der Waals surface area contributed by atoms with E-state index in [1.54, 1.807) is 37.5 Å². The van der Waals surface area contributed by atoms with Crippen molar-refractivity contribution in [2.45, 2.75) is 13.3 Å². The van der Waals surface area contributed by atoms with Gasteiger partial charge in [-0.2, -0.15) is 0 Å². The van der Waals surface area contributed by atoms with Gasteiger partial charge in [0.15, 0.2) is 5.11 Å². The van der Waals surface area contributed by atoms with Crippen LogP contribution >= 0.6 is 12.2 Å². The first-order valence-corrected chi connectivity index (χ1v) is 9.62. The maximum absolute atomic E-state index is 12.2. The van der Waals surface area contributed by atoms with E-state index in [1.807, 2.05) is 31.2 Å². The van der Waals surface area contributed by atoms with E-state index >= 15 is 0 Å². The standard InChI is InChI=1S/C22H25N3O3S/c1-16-7-9-17(10-8-16)11-12-20(26)25-22(29)24-19-6-3-5-18(15-19)21(27)23-13-4-14-28-2/h3,5-12,15H,4,13-14H2,1-2H3,(H,23,27)(H2,24,25,26,29)/b12-11+. The lowest BCUT2D eigenvalue weighted by Crippen LogP contribution is -2.33. The topological polar surface area (TPSA) is 79.5 Å². The van der Waals surface area contributed by atoms with Gasteiger partial charge in [0, 0.05) is 37.6 Å². The quantitative estimate of drug-likeness (QED) is 0.353. The van der Waals surface area contributed by atoms with Crippen LogP contribution in [0.3, 0.4) is 0 Å². The molecular weight excluding hydrogens is 386 g/mol. The third-order valence-electron chi connectivity index (χ3n) is 3.93. The van der Waals surface area contributed by atoms with Gasteiger partial charge in [-0.15, -0.1) is 0 Å². The fraction of sp³-hybridized carbons (Fsp3) is 0.227. The Labute approximate surface area is 176 Å². The number of hydrogen-bond donors (Lipinski definition) is 3. The van der Waals surface area contributed by atoms with E-state index in [4.69, 9.17) is 17.0 Å². The molecule has 2 aromatic rings. The normalized spacial score (nSPS) is 10.6. The second-order valence-electron chi connectivity index (χ2n) is 6.37. The van der Waals surface area contributed by atoms with E-state index in [-0.39, 0.29) is 16.9 Å². The summed E-state index contributed by atoms with van der Waals surface area (Å²) in [5.74, 6) is -0.518. The summed E-state index contributed by atoms with van der Waals surface area (Å²) in [6.07, 6.45) is 3.88. The highest BCUT2D eigenvalue weighted by molar-refractivity contribution is 7.80. The minimum atomic E-state index is -0.338. The number of carbonyl (C=O) groups excluding carboxylic acids is 2. The Morgan fingerprint density at radius 3 is 2.62 bits per heavy atom. The second kappa shape index (κ2) is 11.7. The van der Waals surface area contributed by atoms with Crippen molar-refractivity contribution in [1.82, 2.24) is 10.6 Å². The molecule has 0 heterocycles. The van der Waals surface area contributed by atoms with Crippen LogP contribution in [-0.4, -0.2) is 37.2 Å². The highest BCUT2D eigenvalue weighted by atomic mass is 32.1. The molecule has 0 bridgehead atoms. The number of thiocarbonyl (C=S) groups is 1. The van der Waals surface area contributed by atoms with E-state index in [0.29, 0.717) is 24.4 Å². The molecule has 0 spiro atoms. The summed E-state index contributed by atoms with van der Waals surface area (Å²) >= 11 is 5.18. The largest absolute Gasteiger partial charge is 0.385 e. The Hall–Kier alpha value is -3.03. The number of anilines is 1. The lowest BCUT2D eigenvalue weighted by atomic mass is 10.1. The van der Waals surface area contributed by atoms with Crippen LogP contribution in [-0.2, 0) is 9.53 Å². The predicted molar refractivity (Wildman–Crippen MR) is 120 cm³/mol. The predicted octanol–water partition coefficient (Wildman–Crippen LogP) is 3.29. The minimum Gasteiger partial charge on any atom is -0.385 e. The molecule has 0 aliphatic carbocycles. The van der Waals surface area contributed by atoms with Crippen molar-refractivity contribution < 1.29 is 14.3 Å². The molecule has 152 valence electrons. The number of methoxy groups -OCH3 is 1. The van der Waals surface area contributed by atoms with Gasteiger partial charge in [-0.1, -0.05) is 35.9 Å². The van der Waals surface area contributed by atoms with Crippen LogP contribution in [0.5, 0.6) is 0 Å². The number of benzene rings is 2. The molecule has 2 rings (SSSR count).